The van der Waals surface area contributed by atoms with Crippen molar-refractivity contribution in [1.82, 2.24) is 14.9 Å². The molecule has 1 atom stereocenters. The van der Waals surface area contributed by atoms with E-state index in [4.69, 9.17) is 5.11 Å². The molecule has 1 aromatic rings. The zero-order valence-electron chi connectivity index (χ0n) is 10.7. The molecule has 1 aromatic heterocycles. The second kappa shape index (κ2) is 5.30. The first-order valence-corrected chi connectivity index (χ1v) is 6.06. The van der Waals surface area contributed by atoms with Crippen LogP contribution < -0.4 is 5.32 Å². The Morgan fingerprint density at radius 3 is 3.00 bits per heavy atom. The number of carboxylic acid groups (broad SMARTS) is 1. The van der Waals surface area contributed by atoms with E-state index in [9.17, 15) is 4.79 Å². The lowest BCUT2D eigenvalue weighted by molar-refractivity contribution is 0.0690. The van der Waals surface area contributed by atoms with Crippen LogP contribution in [-0.4, -0.2) is 52.6 Å². The van der Waals surface area contributed by atoms with Crippen molar-refractivity contribution >= 4 is 11.9 Å². The van der Waals surface area contributed by atoms with Gasteiger partial charge in [0.15, 0.2) is 5.69 Å². The molecule has 0 amide bonds. The molecule has 6 heteroatoms. The highest BCUT2D eigenvalue weighted by atomic mass is 16.4. The van der Waals surface area contributed by atoms with E-state index < -0.39 is 5.97 Å². The van der Waals surface area contributed by atoms with Crippen molar-refractivity contribution in [3.05, 3.63) is 17.5 Å². The quantitative estimate of drug-likeness (QED) is 0.824. The summed E-state index contributed by atoms with van der Waals surface area (Å²) in [5.41, 5.74) is 0.696. The van der Waals surface area contributed by atoms with Crippen molar-refractivity contribution in [3.8, 4) is 0 Å². The van der Waals surface area contributed by atoms with Crippen LogP contribution in [0, 0.1) is 12.8 Å². The van der Waals surface area contributed by atoms with E-state index in [1.165, 1.54) is 6.07 Å². The van der Waals surface area contributed by atoms with Gasteiger partial charge in [0.2, 0.25) is 5.95 Å². The Hall–Kier alpha value is -1.69. The normalized spacial score (nSPS) is 20.0. The third-order valence-corrected chi connectivity index (χ3v) is 3.11. The van der Waals surface area contributed by atoms with Gasteiger partial charge in [-0.2, -0.15) is 0 Å². The number of nitrogens with one attached hydrogen (secondary N) is 1. The standard InChI is InChI=1S/C12H18N4O2/c1-8-5-10(11(17)18)15-12(14-8)13-6-9-3-4-16(2)7-9/h5,9H,3-4,6-7H2,1-2H3,(H,17,18)(H,13,14,15). The fraction of sp³-hybridized carbons (Fsp3) is 0.583. The van der Waals surface area contributed by atoms with Crippen molar-refractivity contribution in [2.24, 2.45) is 5.92 Å². The summed E-state index contributed by atoms with van der Waals surface area (Å²) < 4.78 is 0. The van der Waals surface area contributed by atoms with Crippen LogP contribution in [0.4, 0.5) is 5.95 Å². The van der Waals surface area contributed by atoms with E-state index in [1.54, 1.807) is 6.92 Å². The van der Waals surface area contributed by atoms with Crippen molar-refractivity contribution in [2.45, 2.75) is 13.3 Å². The smallest absolute Gasteiger partial charge is 0.354 e. The number of anilines is 1. The van der Waals surface area contributed by atoms with E-state index in [0.717, 1.165) is 26.1 Å². The predicted molar refractivity (Wildman–Crippen MR) is 67.8 cm³/mol. The lowest BCUT2D eigenvalue weighted by Crippen LogP contribution is -2.20. The van der Waals surface area contributed by atoms with Gasteiger partial charge in [-0.05, 0) is 38.9 Å². The highest BCUT2D eigenvalue weighted by molar-refractivity contribution is 5.85. The van der Waals surface area contributed by atoms with Crippen molar-refractivity contribution in [3.63, 3.8) is 0 Å². The van der Waals surface area contributed by atoms with Crippen molar-refractivity contribution in [1.29, 1.82) is 0 Å². The molecule has 0 aromatic carbocycles. The lowest BCUT2D eigenvalue weighted by atomic mass is 10.1. The molecule has 1 unspecified atom stereocenters. The Morgan fingerprint density at radius 2 is 2.39 bits per heavy atom. The summed E-state index contributed by atoms with van der Waals surface area (Å²) in [7, 11) is 2.10. The first-order valence-electron chi connectivity index (χ1n) is 6.06. The van der Waals surface area contributed by atoms with Gasteiger partial charge in [0, 0.05) is 18.8 Å². The minimum absolute atomic E-state index is 0.0357. The number of aromatic carboxylic acids is 1. The number of carbonyl (C=O) groups is 1. The number of aromatic nitrogens is 2. The molecule has 1 aliphatic rings. The highest BCUT2D eigenvalue weighted by Crippen LogP contribution is 2.14. The Labute approximate surface area is 106 Å². The van der Waals surface area contributed by atoms with Crippen LogP contribution in [0.1, 0.15) is 22.6 Å². The molecular weight excluding hydrogens is 232 g/mol. The maximum Gasteiger partial charge on any atom is 0.354 e. The van der Waals surface area contributed by atoms with Crippen LogP contribution in [0.25, 0.3) is 0 Å². The molecule has 0 spiro atoms. The minimum atomic E-state index is -1.02. The molecule has 0 radical (unpaired) electrons. The molecule has 6 nitrogen and oxygen atoms in total. The van der Waals surface area contributed by atoms with Gasteiger partial charge in [0.25, 0.3) is 0 Å². The van der Waals surface area contributed by atoms with Gasteiger partial charge in [-0.3, -0.25) is 0 Å². The fourth-order valence-electron chi connectivity index (χ4n) is 2.19. The summed E-state index contributed by atoms with van der Waals surface area (Å²) in [5, 5.41) is 12.1. The van der Waals surface area contributed by atoms with Gasteiger partial charge in [-0.25, -0.2) is 14.8 Å². The molecule has 2 rings (SSSR count). The molecular formula is C12H18N4O2. The number of aryl methyl sites for hydroxylation is 1. The zero-order chi connectivity index (χ0) is 13.1. The van der Waals surface area contributed by atoms with Gasteiger partial charge < -0.3 is 15.3 Å². The first-order chi connectivity index (χ1) is 8.54. The van der Waals surface area contributed by atoms with Crippen molar-refractivity contribution < 1.29 is 9.90 Å². The second-order valence-corrected chi connectivity index (χ2v) is 4.82. The van der Waals surface area contributed by atoms with Crippen LogP contribution in [0.2, 0.25) is 0 Å². The molecule has 18 heavy (non-hydrogen) atoms. The third kappa shape index (κ3) is 3.16. The summed E-state index contributed by atoms with van der Waals surface area (Å²) in [6.07, 6.45) is 1.15. The maximum atomic E-state index is 10.9. The van der Waals surface area contributed by atoms with Crippen LogP contribution in [-0.2, 0) is 0 Å². The molecule has 1 fully saturated rings. The lowest BCUT2D eigenvalue weighted by Gasteiger charge is -2.12. The van der Waals surface area contributed by atoms with E-state index in [0.29, 0.717) is 17.6 Å². The van der Waals surface area contributed by atoms with Gasteiger partial charge in [0.05, 0.1) is 0 Å². The summed E-state index contributed by atoms with van der Waals surface area (Å²) in [6, 6.07) is 1.47. The molecule has 2 heterocycles. The summed E-state index contributed by atoms with van der Waals surface area (Å²) in [5.74, 6) is -0.0431. The Morgan fingerprint density at radius 1 is 1.61 bits per heavy atom. The molecule has 1 aliphatic heterocycles. The van der Waals surface area contributed by atoms with Gasteiger partial charge in [0.1, 0.15) is 0 Å². The van der Waals surface area contributed by atoms with Gasteiger partial charge in [-0.1, -0.05) is 0 Å². The summed E-state index contributed by atoms with van der Waals surface area (Å²) in [4.78, 5) is 21.3. The third-order valence-electron chi connectivity index (χ3n) is 3.11. The predicted octanol–water partition coefficient (Wildman–Crippen LogP) is 0.847. The number of nitrogens with zero attached hydrogens (tertiary/aromatic N) is 3. The van der Waals surface area contributed by atoms with Gasteiger partial charge in [-0.15, -0.1) is 0 Å². The fourth-order valence-corrected chi connectivity index (χ4v) is 2.19. The molecule has 98 valence electrons. The van der Waals surface area contributed by atoms with E-state index in [2.05, 4.69) is 27.2 Å². The minimum Gasteiger partial charge on any atom is -0.477 e. The summed E-state index contributed by atoms with van der Waals surface area (Å²) >= 11 is 0. The zero-order valence-corrected chi connectivity index (χ0v) is 10.7. The number of carboxylic acids is 1. The number of hydrogen-bond donors (Lipinski definition) is 2. The van der Waals surface area contributed by atoms with Crippen molar-refractivity contribution in [2.75, 3.05) is 32.0 Å². The van der Waals surface area contributed by atoms with E-state index >= 15 is 0 Å². The number of rotatable bonds is 4. The molecule has 2 N–H and O–H groups in total. The average molecular weight is 250 g/mol. The Balaban J connectivity index is 1.98. The van der Waals surface area contributed by atoms with E-state index in [-0.39, 0.29) is 5.69 Å². The molecule has 0 bridgehead atoms. The topological polar surface area (TPSA) is 78.3 Å². The maximum absolute atomic E-state index is 10.9. The number of hydrogen-bond acceptors (Lipinski definition) is 5. The number of likely N-dealkylation sites (tertiary alicyclic amines) is 1. The van der Waals surface area contributed by atoms with Crippen LogP contribution in [0.5, 0.6) is 0 Å². The van der Waals surface area contributed by atoms with Crippen LogP contribution in [0.15, 0.2) is 6.07 Å². The molecule has 0 saturated carbocycles. The summed E-state index contributed by atoms with van der Waals surface area (Å²) in [6.45, 7) is 4.72. The molecule has 1 saturated heterocycles. The van der Waals surface area contributed by atoms with E-state index in [1.807, 2.05) is 0 Å². The van der Waals surface area contributed by atoms with Crippen LogP contribution in [0.3, 0.4) is 0 Å². The SMILES string of the molecule is Cc1cc(C(=O)O)nc(NCC2CCN(C)C2)n1. The van der Waals surface area contributed by atoms with Gasteiger partial charge >= 0.3 is 5.97 Å². The highest BCUT2D eigenvalue weighted by Gasteiger charge is 2.19. The first kappa shape index (κ1) is 12.8. The average Bonchev–Trinajstić information content (AvgIpc) is 2.72. The largest absolute Gasteiger partial charge is 0.477 e. The molecule has 0 aliphatic carbocycles. The second-order valence-electron chi connectivity index (χ2n) is 4.82. The van der Waals surface area contributed by atoms with Crippen LogP contribution >= 0.6 is 0 Å². The Kier molecular flexibility index (Phi) is 3.76. The monoisotopic (exact) mass is 250 g/mol. The Bertz CT molecular complexity index is 450.